The SMILES string of the molecule is C=C(C)C(=O)OP(O)OCCO. The van der Waals surface area contributed by atoms with Crippen LogP contribution in [-0.2, 0) is 13.8 Å². The van der Waals surface area contributed by atoms with Crippen molar-refractivity contribution in [2.75, 3.05) is 13.2 Å². The van der Waals surface area contributed by atoms with Gasteiger partial charge in [-0.25, -0.2) is 4.79 Å². The third-order valence-electron chi connectivity index (χ3n) is 0.802. The van der Waals surface area contributed by atoms with Gasteiger partial charge in [0.1, 0.15) is 0 Å². The summed E-state index contributed by atoms with van der Waals surface area (Å²) in [6, 6.07) is 0. The van der Waals surface area contributed by atoms with Crippen molar-refractivity contribution in [1.82, 2.24) is 0 Å². The number of carbonyl (C=O) groups is 1. The molecule has 0 aliphatic carbocycles. The highest BCUT2D eigenvalue weighted by atomic mass is 31.2. The molecule has 0 heterocycles. The third-order valence-corrected chi connectivity index (χ3v) is 1.53. The molecule has 2 N–H and O–H groups in total. The number of rotatable bonds is 5. The number of aliphatic hydroxyl groups excluding tert-OH is 1. The molecule has 0 radical (unpaired) electrons. The summed E-state index contributed by atoms with van der Waals surface area (Å²) in [4.78, 5) is 19.6. The Morgan fingerprint density at radius 3 is 2.67 bits per heavy atom. The maximum Gasteiger partial charge on any atom is 0.396 e. The second-order valence-electron chi connectivity index (χ2n) is 1.95. The number of carbonyl (C=O) groups excluding carboxylic acids is 1. The normalized spacial score (nSPS) is 12.2. The Hall–Kier alpha value is -0.480. The van der Waals surface area contributed by atoms with E-state index in [1.54, 1.807) is 0 Å². The summed E-state index contributed by atoms with van der Waals surface area (Å²) in [5.41, 5.74) is 0.184. The van der Waals surface area contributed by atoms with Crippen LogP contribution in [0.2, 0.25) is 0 Å². The summed E-state index contributed by atoms with van der Waals surface area (Å²) in [6.45, 7) is 4.47. The van der Waals surface area contributed by atoms with Crippen molar-refractivity contribution in [3.63, 3.8) is 0 Å². The van der Waals surface area contributed by atoms with E-state index < -0.39 is 14.6 Å². The number of aliphatic hydroxyl groups is 1. The molecule has 6 heteroatoms. The van der Waals surface area contributed by atoms with Crippen molar-refractivity contribution in [1.29, 1.82) is 0 Å². The van der Waals surface area contributed by atoms with Gasteiger partial charge in [-0.2, -0.15) is 0 Å². The average molecular weight is 194 g/mol. The Balaban J connectivity index is 3.61. The van der Waals surface area contributed by atoms with Crippen molar-refractivity contribution in [2.45, 2.75) is 6.92 Å². The van der Waals surface area contributed by atoms with Gasteiger partial charge in [-0.05, 0) is 6.92 Å². The lowest BCUT2D eigenvalue weighted by molar-refractivity contribution is -0.130. The van der Waals surface area contributed by atoms with Crippen molar-refractivity contribution in [3.05, 3.63) is 12.2 Å². The van der Waals surface area contributed by atoms with E-state index >= 15 is 0 Å². The maximum atomic E-state index is 10.7. The minimum Gasteiger partial charge on any atom is -0.394 e. The van der Waals surface area contributed by atoms with Crippen molar-refractivity contribution < 1.29 is 23.8 Å². The number of hydrogen-bond acceptors (Lipinski definition) is 5. The Kier molecular flexibility index (Phi) is 5.84. The van der Waals surface area contributed by atoms with Gasteiger partial charge in [-0.15, -0.1) is 0 Å². The first-order valence-corrected chi connectivity index (χ1v) is 4.31. The van der Waals surface area contributed by atoms with Gasteiger partial charge >= 0.3 is 14.6 Å². The van der Waals surface area contributed by atoms with E-state index in [4.69, 9.17) is 10.00 Å². The van der Waals surface area contributed by atoms with E-state index in [2.05, 4.69) is 15.6 Å². The molecular weight excluding hydrogens is 183 g/mol. The van der Waals surface area contributed by atoms with Crippen LogP contribution in [0.5, 0.6) is 0 Å². The van der Waals surface area contributed by atoms with Crippen LogP contribution in [0.3, 0.4) is 0 Å². The second kappa shape index (κ2) is 6.08. The average Bonchev–Trinajstić information content (AvgIpc) is 2.00. The molecule has 5 nitrogen and oxygen atoms in total. The van der Waals surface area contributed by atoms with Crippen LogP contribution in [-0.4, -0.2) is 29.2 Å². The third kappa shape index (κ3) is 5.21. The van der Waals surface area contributed by atoms with Gasteiger partial charge in [0.2, 0.25) is 0 Å². The van der Waals surface area contributed by atoms with Crippen LogP contribution in [0, 0.1) is 0 Å². The molecule has 1 unspecified atom stereocenters. The van der Waals surface area contributed by atoms with Crippen LogP contribution < -0.4 is 0 Å². The predicted molar refractivity (Wildman–Crippen MR) is 43.1 cm³/mol. The van der Waals surface area contributed by atoms with Gasteiger partial charge in [0, 0.05) is 5.57 Å². The molecule has 0 aromatic rings. The highest BCUT2D eigenvalue weighted by molar-refractivity contribution is 7.41. The minimum atomic E-state index is -2.23. The molecule has 0 aliphatic rings. The van der Waals surface area contributed by atoms with Crippen molar-refractivity contribution in [3.8, 4) is 0 Å². The molecule has 0 saturated carbocycles. The molecule has 0 fully saturated rings. The Bertz CT molecular complexity index is 169. The molecule has 0 rings (SSSR count). The van der Waals surface area contributed by atoms with E-state index in [0.717, 1.165) is 0 Å². The van der Waals surface area contributed by atoms with E-state index in [9.17, 15) is 4.79 Å². The first kappa shape index (κ1) is 11.5. The highest BCUT2D eigenvalue weighted by Crippen LogP contribution is 2.33. The zero-order valence-electron chi connectivity index (χ0n) is 6.69. The summed E-state index contributed by atoms with van der Waals surface area (Å²) in [5, 5.41) is 8.27. The van der Waals surface area contributed by atoms with Gasteiger partial charge in [-0.1, -0.05) is 6.58 Å². The molecule has 0 amide bonds. The molecule has 0 aromatic heterocycles. The predicted octanol–water partition coefficient (Wildman–Crippen LogP) is 0.334. The molecule has 70 valence electrons. The molecule has 0 aromatic carbocycles. The minimum absolute atomic E-state index is 0.0638. The fourth-order valence-corrected chi connectivity index (χ4v) is 0.882. The van der Waals surface area contributed by atoms with Crippen molar-refractivity contribution >= 4 is 14.6 Å². The van der Waals surface area contributed by atoms with Gasteiger partial charge in [0.25, 0.3) is 0 Å². The van der Waals surface area contributed by atoms with Gasteiger partial charge in [0.15, 0.2) is 0 Å². The van der Waals surface area contributed by atoms with Crippen LogP contribution >= 0.6 is 8.60 Å². The lowest BCUT2D eigenvalue weighted by Crippen LogP contribution is -2.03. The summed E-state index contributed by atoms with van der Waals surface area (Å²) in [5.74, 6) is -0.707. The van der Waals surface area contributed by atoms with Crippen LogP contribution in [0.25, 0.3) is 0 Å². The van der Waals surface area contributed by atoms with Crippen LogP contribution in [0.1, 0.15) is 6.92 Å². The standard InChI is InChI=1S/C6H11O5P/c1-5(2)6(8)11-12(9)10-4-3-7/h7,9H,1,3-4H2,2H3. The molecule has 0 aliphatic heterocycles. The fraction of sp³-hybridized carbons (Fsp3) is 0.500. The maximum absolute atomic E-state index is 10.7. The van der Waals surface area contributed by atoms with Gasteiger partial charge < -0.3 is 19.0 Å². The molecule has 0 bridgehead atoms. The Morgan fingerprint density at radius 1 is 1.67 bits per heavy atom. The van der Waals surface area contributed by atoms with E-state index in [1.165, 1.54) is 6.92 Å². The summed E-state index contributed by atoms with van der Waals surface area (Å²) in [7, 11) is -2.23. The monoisotopic (exact) mass is 194 g/mol. The number of hydrogen-bond donors (Lipinski definition) is 2. The van der Waals surface area contributed by atoms with Crippen LogP contribution in [0.15, 0.2) is 12.2 Å². The molecule has 0 spiro atoms. The Labute approximate surface area is 71.6 Å². The summed E-state index contributed by atoms with van der Waals surface area (Å²) in [6.07, 6.45) is 0. The van der Waals surface area contributed by atoms with Gasteiger partial charge in [-0.3, -0.25) is 0 Å². The largest absolute Gasteiger partial charge is 0.396 e. The smallest absolute Gasteiger partial charge is 0.394 e. The van der Waals surface area contributed by atoms with Gasteiger partial charge in [0.05, 0.1) is 13.2 Å². The zero-order chi connectivity index (χ0) is 9.56. The first-order chi connectivity index (χ1) is 5.57. The lowest BCUT2D eigenvalue weighted by Gasteiger charge is -2.08. The topological polar surface area (TPSA) is 76.0 Å². The van der Waals surface area contributed by atoms with E-state index in [1.807, 2.05) is 0 Å². The summed E-state index contributed by atoms with van der Waals surface area (Å²) >= 11 is 0. The van der Waals surface area contributed by atoms with E-state index in [-0.39, 0.29) is 18.8 Å². The summed E-state index contributed by atoms with van der Waals surface area (Å²) < 4.78 is 8.86. The lowest BCUT2D eigenvalue weighted by atomic mass is 10.4. The zero-order valence-corrected chi connectivity index (χ0v) is 7.58. The van der Waals surface area contributed by atoms with Crippen LogP contribution in [0.4, 0.5) is 0 Å². The molecule has 0 saturated heterocycles. The molecular formula is C6H11O5P. The Morgan fingerprint density at radius 2 is 2.25 bits per heavy atom. The molecule has 12 heavy (non-hydrogen) atoms. The quantitative estimate of drug-likeness (QED) is 0.487. The first-order valence-electron chi connectivity index (χ1n) is 3.18. The highest BCUT2D eigenvalue weighted by Gasteiger charge is 2.13. The van der Waals surface area contributed by atoms with Crippen molar-refractivity contribution in [2.24, 2.45) is 0 Å². The molecule has 1 atom stereocenters. The fourth-order valence-electron chi connectivity index (χ4n) is 0.294. The second-order valence-corrected chi connectivity index (χ2v) is 2.87. The van der Waals surface area contributed by atoms with E-state index in [0.29, 0.717) is 0 Å².